The maximum atomic E-state index is 13.3. The highest BCUT2D eigenvalue weighted by Gasteiger charge is 2.21. The van der Waals surface area contributed by atoms with E-state index in [9.17, 15) is 4.39 Å². The standard InChI is InChI=1S/C26H29F/c1-2-3-4-5-6-21-7-9-22(10-8-21)11-12-23-13-15-24(16-14-23)25-17-19-26(27)20-18-25/h5-10,13-16,25-26H,2-4,17-20H2,1H3/b6-5+. The molecule has 2 aromatic carbocycles. The summed E-state index contributed by atoms with van der Waals surface area (Å²) >= 11 is 0. The summed E-state index contributed by atoms with van der Waals surface area (Å²) in [6.45, 7) is 2.21. The van der Waals surface area contributed by atoms with Crippen molar-refractivity contribution in [3.05, 3.63) is 76.9 Å². The number of hydrogen-bond donors (Lipinski definition) is 0. The fourth-order valence-electron chi connectivity index (χ4n) is 3.59. The molecule has 0 atom stereocenters. The molecule has 0 saturated heterocycles. The van der Waals surface area contributed by atoms with E-state index in [1.54, 1.807) is 0 Å². The molecule has 3 rings (SSSR count). The predicted octanol–water partition coefficient (Wildman–Crippen LogP) is 7.29. The molecule has 0 aromatic heterocycles. The topological polar surface area (TPSA) is 0 Å². The van der Waals surface area contributed by atoms with Gasteiger partial charge in [-0.15, -0.1) is 0 Å². The van der Waals surface area contributed by atoms with Crippen LogP contribution in [0, 0.1) is 11.8 Å². The van der Waals surface area contributed by atoms with Gasteiger partial charge in [0.1, 0.15) is 6.17 Å². The van der Waals surface area contributed by atoms with E-state index < -0.39 is 6.17 Å². The highest BCUT2D eigenvalue weighted by Crippen LogP contribution is 2.33. The van der Waals surface area contributed by atoms with Gasteiger partial charge in [-0.3, -0.25) is 0 Å². The molecule has 1 saturated carbocycles. The molecule has 0 heterocycles. The molecular weight excluding hydrogens is 331 g/mol. The van der Waals surface area contributed by atoms with Crippen LogP contribution in [0.5, 0.6) is 0 Å². The Kier molecular flexibility index (Phi) is 7.28. The average Bonchev–Trinajstić information content (AvgIpc) is 2.72. The number of halogens is 1. The van der Waals surface area contributed by atoms with Gasteiger partial charge >= 0.3 is 0 Å². The number of hydrogen-bond acceptors (Lipinski definition) is 0. The molecule has 0 unspecified atom stereocenters. The molecular formula is C26H29F. The number of unbranched alkanes of at least 4 members (excludes halogenated alkanes) is 2. The van der Waals surface area contributed by atoms with Gasteiger partial charge in [0, 0.05) is 11.1 Å². The second kappa shape index (κ2) is 10.1. The van der Waals surface area contributed by atoms with Crippen LogP contribution >= 0.6 is 0 Å². The van der Waals surface area contributed by atoms with Crippen LogP contribution in [0.4, 0.5) is 4.39 Å². The van der Waals surface area contributed by atoms with Gasteiger partial charge in [0.2, 0.25) is 0 Å². The van der Waals surface area contributed by atoms with E-state index in [-0.39, 0.29) is 0 Å². The zero-order valence-corrected chi connectivity index (χ0v) is 16.3. The lowest BCUT2D eigenvalue weighted by atomic mass is 9.83. The van der Waals surface area contributed by atoms with Crippen molar-refractivity contribution in [2.45, 2.75) is 64.0 Å². The molecule has 2 aromatic rings. The number of allylic oxidation sites excluding steroid dienone is 1. The van der Waals surface area contributed by atoms with Crippen LogP contribution in [-0.2, 0) is 0 Å². The fraction of sp³-hybridized carbons (Fsp3) is 0.385. The first-order chi connectivity index (χ1) is 13.2. The van der Waals surface area contributed by atoms with Gasteiger partial charge < -0.3 is 0 Å². The summed E-state index contributed by atoms with van der Waals surface area (Å²) in [5.74, 6) is 7.01. The monoisotopic (exact) mass is 360 g/mol. The molecule has 27 heavy (non-hydrogen) atoms. The van der Waals surface area contributed by atoms with Crippen LogP contribution in [0.15, 0.2) is 54.6 Å². The van der Waals surface area contributed by atoms with E-state index in [2.05, 4.69) is 79.4 Å². The van der Waals surface area contributed by atoms with Crippen LogP contribution in [0.3, 0.4) is 0 Å². The third-order valence-electron chi connectivity index (χ3n) is 5.34. The Hall–Kier alpha value is -2.33. The Balaban J connectivity index is 1.58. The smallest absolute Gasteiger partial charge is 0.100 e. The fourth-order valence-corrected chi connectivity index (χ4v) is 3.59. The molecule has 0 bridgehead atoms. The van der Waals surface area contributed by atoms with Gasteiger partial charge in [-0.25, -0.2) is 4.39 Å². The van der Waals surface area contributed by atoms with Crippen molar-refractivity contribution in [1.82, 2.24) is 0 Å². The first-order valence-electron chi connectivity index (χ1n) is 10.3. The lowest BCUT2D eigenvalue weighted by molar-refractivity contribution is 0.235. The van der Waals surface area contributed by atoms with Crippen molar-refractivity contribution in [1.29, 1.82) is 0 Å². The SMILES string of the molecule is CCCC/C=C/c1ccc(C#Cc2ccc(C3CCC(F)CC3)cc2)cc1. The predicted molar refractivity (Wildman–Crippen MR) is 114 cm³/mol. The van der Waals surface area contributed by atoms with Crippen molar-refractivity contribution in [2.75, 3.05) is 0 Å². The molecule has 0 amide bonds. The van der Waals surface area contributed by atoms with Crippen molar-refractivity contribution in [3.63, 3.8) is 0 Å². The number of benzene rings is 2. The summed E-state index contributed by atoms with van der Waals surface area (Å²) in [6, 6.07) is 16.9. The molecule has 140 valence electrons. The van der Waals surface area contributed by atoms with Crippen molar-refractivity contribution < 1.29 is 4.39 Å². The van der Waals surface area contributed by atoms with Crippen LogP contribution in [0.1, 0.15) is 80.0 Å². The van der Waals surface area contributed by atoms with Gasteiger partial charge in [-0.05, 0) is 73.4 Å². The molecule has 1 fully saturated rings. The summed E-state index contributed by atoms with van der Waals surface area (Å²) in [6.07, 6.45) is 10.8. The number of rotatable bonds is 5. The minimum Gasteiger partial charge on any atom is -0.247 e. The Morgan fingerprint density at radius 1 is 0.889 bits per heavy atom. The van der Waals surface area contributed by atoms with E-state index in [1.165, 1.54) is 24.0 Å². The summed E-state index contributed by atoms with van der Waals surface area (Å²) in [5.41, 5.74) is 4.61. The minimum atomic E-state index is -0.593. The zero-order chi connectivity index (χ0) is 18.9. The van der Waals surface area contributed by atoms with E-state index in [0.29, 0.717) is 18.8 Å². The Labute approximate surface area is 163 Å². The van der Waals surface area contributed by atoms with Gasteiger partial charge in [0.15, 0.2) is 0 Å². The molecule has 0 N–H and O–H groups in total. The van der Waals surface area contributed by atoms with Crippen molar-refractivity contribution in [2.24, 2.45) is 0 Å². The highest BCUT2D eigenvalue weighted by molar-refractivity contribution is 5.52. The van der Waals surface area contributed by atoms with E-state index in [4.69, 9.17) is 0 Å². The van der Waals surface area contributed by atoms with Crippen LogP contribution in [0.2, 0.25) is 0 Å². The summed E-state index contributed by atoms with van der Waals surface area (Å²) in [5, 5.41) is 0. The summed E-state index contributed by atoms with van der Waals surface area (Å²) < 4.78 is 13.3. The van der Waals surface area contributed by atoms with Crippen LogP contribution in [0.25, 0.3) is 6.08 Å². The Bertz CT molecular complexity index is 779. The van der Waals surface area contributed by atoms with Gasteiger partial charge in [-0.1, -0.05) is 68.0 Å². The van der Waals surface area contributed by atoms with E-state index >= 15 is 0 Å². The first-order valence-corrected chi connectivity index (χ1v) is 10.3. The maximum absolute atomic E-state index is 13.3. The molecule has 0 nitrogen and oxygen atoms in total. The third-order valence-corrected chi connectivity index (χ3v) is 5.34. The minimum absolute atomic E-state index is 0.511. The largest absolute Gasteiger partial charge is 0.247 e. The van der Waals surface area contributed by atoms with Gasteiger partial charge in [-0.2, -0.15) is 0 Å². The Morgan fingerprint density at radius 2 is 1.48 bits per heavy atom. The first kappa shape index (κ1) is 19.4. The van der Waals surface area contributed by atoms with Crippen molar-refractivity contribution in [3.8, 4) is 11.8 Å². The normalized spacial score (nSPS) is 19.6. The highest BCUT2D eigenvalue weighted by atomic mass is 19.1. The Morgan fingerprint density at radius 3 is 2.07 bits per heavy atom. The van der Waals surface area contributed by atoms with Crippen LogP contribution in [-0.4, -0.2) is 6.17 Å². The molecule has 1 aliphatic carbocycles. The zero-order valence-electron chi connectivity index (χ0n) is 16.3. The average molecular weight is 361 g/mol. The van der Waals surface area contributed by atoms with Crippen molar-refractivity contribution >= 4 is 6.08 Å². The van der Waals surface area contributed by atoms with E-state index in [0.717, 1.165) is 30.4 Å². The van der Waals surface area contributed by atoms with E-state index in [1.807, 2.05) is 0 Å². The maximum Gasteiger partial charge on any atom is 0.100 e. The quantitative estimate of drug-likeness (QED) is 0.388. The number of alkyl halides is 1. The summed E-state index contributed by atoms with van der Waals surface area (Å²) in [4.78, 5) is 0. The second-order valence-electron chi connectivity index (χ2n) is 7.49. The molecule has 0 radical (unpaired) electrons. The molecule has 1 aliphatic rings. The van der Waals surface area contributed by atoms with Gasteiger partial charge in [0.25, 0.3) is 0 Å². The lowest BCUT2D eigenvalue weighted by Gasteiger charge is -2.24. The van der Waals surface area contributed by atoms with Gasteiger partial charge in [0.05, 0.1) is 0 Å². The molecule has 0 spiro atoms. The second-order valence-corrected chi connectivity index (χ2v) is 7.49. The molecule has 1 heteroatoms. The summed E-state index contributed by atoms with van der Waals surface area (Å²) in [7, 11) is 0. The molecule has 0 aliphatic heterocycles. The third kappa shape index (κ3) is 6.10. The van der Waals surface area contributed by atoms with Crippen LogP contribution < -0.4 is 0 Å². The lowest BCUT2D eigenvalue weighted by Crippen LogP contribution is -2.13.